The van der Waals surface area contributed by atoms with Gasteiger partial charge in [-0.15, -0.1) is 11.3 Å². The normalized spacial score (nSPS) is 13.2. The minimum Gasteiger partial charge on any atom is -0.454 e. The number of aromatic nitrogens is 1. The van der Waals surface area contributed by atoms with Gasteiger partial charge in [0.05, 0.1) is 5.01 Å². The van der Waals surface area contributed by atoms with Gasteiger partial charge >= 0.3 is 0 Å². The first kappa shape index (κ1) is 17.5. The van der Waals surface area contributed by atoms with Crippen LogP contribution in [-0.4, -0.2) is 42.8 Å². The molecule has 2 heterocycles. The summed E-state index contributed by atoms with van der Waals surface area (Å²) in [5.41, 5.74) is 1.16. The number of benzene rings is 1. The Morgan fingerprint density at radius 2 is 2.20 bits per heavy atom. The molecule has 0 unspecified atom stereocenters. The standard InChI is InChI=1S/C18H24N4O2S/c1-4-19-18(20-8-7-17-21-10-13(2)25-17)22(3)11-14-5-6-15-16(9-14)24-12-23-15/h5-6,9-10H,4,7-8,11-12H2,1-3H3,(H,19,20). The molecule has 6 nitrogen and oxygen atoms in total. The van der Waals surface area contributed by atoms with Gasteiger partial charge in [-0.05, 0) is 31.5 Å². The predicted octanol–water partition coefficient (Wildman–Crippen LogP) is 2.82. The third-order valence-electron chi connectivity index (χ3n) is 3.81. The summed E-state index contributed by atoms with van der Waals surface area (Å²) in [6.07, 6.45) is 2.78. The van der Waals surface area contributed by atoms with E-state index in [0.29, 0.717) is 6.79 Å². The second-order valence-electron chi connectivity index (χ2n) is 5.89. The number of nitrogens with zero attached hydrogens (tertiary/aromatic N) is 3. The zero-order valence-electron chi connectivity index (χ0n) is 14.9. The van der Waals surface area contributed by atoms with E-state index in [4.69, 9.17) is 14.5 Å². The topological polar surface area (TPSA) is 59.0 Å². The Bertz CT molecular complexity index is 744. The van der Waals surface area contributed by atoms with Crippen molar-refractivity contribution in [3.63, 3.8) is 0 Å². The lowest BCUT2D eigenvalue weighted by Gasteiger charge is -2.22. The van der Waals surface area contributed by atoms with E-state index < -0.39 is 0 Å². The van der Waals surface area contributed by atoms with Gasteiger partial charge in [0, 0.05) is 44.2 Å². The molecule has 0 spiro atoms. The smallest absolute Gasteiger partial charge is 0.231 e. The van der Waals surface area contributed by atoms with Crippen molar-refractivity contribution in [2.75, 3.05) is 26.9 Å². The molecule has 0 radical (unpaired) electrons. The molecule has 25 heavy (non-hydrogen) atoms. The molecule has 1 aromatic carbocycles. The maximum absolute atomic E-state index is 5.45. The Labute approximate surface area is 152 Å². The highest BCUT2D eigenvalue weighted by Gasteiger charge is 2.14. The second kappa shape index (κ2) is 8.20. The lowest BCUT2D eigenvalue weighted by atomic mass is 10.2. The number of hydrogen-bond donors (Lipinski definition) is 1. The number of thiazole rings is 1. The summed E-state index contributed by atoms with van der Waals surface area (Å²) in [7, 11) is 2.04. The number of aryl methyl sites for hydroxylation is 1. The van der Waals surface area contributed by atoms with Gasteiger partial charge < -0.3 is 19.7 Å². The van der Waals surface area contributed by atoms with Crippen LogP contribution in [0.4, 0.5) is 0 Å². The van der Waals surface area contributed by atoms with Crippen LogP contribution in [0.25, 0.3) is 0 Å². The van der Waals surface area contributed by atoms with E-state index in [1.165, 1.54) is 4.88 Å². The summed E-state index contributed by atoms with van der Waals surface area (Å²) in [6, 6.07) is 6.05. The van der Waals surface area contributed by atoms with E-state index in [-0.39, 0.29) is 0 Å². The zero-order valence-corrected chi connectivity index (χ0v) is 15.7. The second-order valence-corrected chi connectivity index (χ2v) is 7.21. The van der Waals surface area contributed by atoms with Gasteiger partial charge in [0.25, 0.3) is 0 Å². The molecule has 0 amide bonds. The van der Waals surface area contributed by atoms with Crippen LogP contribution in [0.5, 0.6) is 11.5 Å². The fourth-order valence-electron chi connectivity index (χ4n) is 2.63. The zero-order chi connectivity index (χ0) is 17.6. The van der Waals surface area contributed by atoms with E-state index in [0.717, 1.165) is 54.1 Å². The molecular formula is C18H24N4O2S. The highest BCUT2D eigenvalue weighted by Crippen LogP contribution is 2.32. The number of rotatable bonds is 6. The summed E-state index contributed by atoms with van der Waals surface area (Å²) in [5, 5.41) is 4.48. The molecule has 0 saturated heterocycles. The summed E-state index contributed by atoms with van der Waals surface area (Å²) in [5.74, 6) is 2.52. The molecule has 1 aromatic heterocycles. The van der Waals surface area contributed by atoms with E-state index in [2.05, 4.69) is 35.1 Å². The molecular weight excluding hydrogens is 336 g/mol. The van der Waals surface area contributed by atoms with E-state index >= 15 is 0 Å². The predicted molar refractivity (Wildman–Crippen MR) is 101 cm³/mol. The van der Waals surface area contributed by atoms with Gasteiger partial charge in [0.1, 0.15) is 0 Å². The van der Waals surface area contributed by atoms with Crippen molar-refractivity contribution in [3.8, 4) is 11.5 Å². The third kappa shape index (κ3) is 4.63. The Morgan fingerprint density at radius 1 is 1.36 bits per heavy atom. The number of ether oxygens (including phenoxy) is 2. The van der Waals surface area contributed by atoms with Gasteiger partial charge in [-0.1, -0.05) is 6.07 Å². The Morgan fingerprint density at radius 3 is 2.96 bits per heavy atom. The number of fused-ring (bicyclic) bond motifs is 1. The van der Waals surface area contributed by atoms with Crippen LogP contribution in [0.1, 0.15) is 22.4 Å². The summed E-state index contributed by atoms with van der Waals surface area (Å²) in [4.78, 5) is 12.5. The number of nitrogens with one attached hydrogen (secondary N) is 1. The van der Waals surface area contributed by atoms with Crippen LogP contribution >= 0.6 is 11.3 Å². The fourth-order valence-corrected chi connectivity index (χ4v) is 3.41. The first-order chi connectivity index (χ1) is 12.2. The molecule has 3 rings (SSSR count). The molecule has 2 aromatic rings. The lowest BCUT2D eigenvalue weighted by molar-refractivity contribution is 0.174. The highest BCUT2D eigenvalue weighted by molar-refractivity contribution is 7.11. The molecule has 134 valence electrons. The minimum absolute atomic E-state index is 0.301. The molecule has 0 fully saturated rings. The molecule has 0 bridgehead atoms. The molecule has 0 saturated carbocycles. The van der Waals surface area contributed by atoms with Crippen LogP contribution < -0.4 is 14.8 Å². The van der Waals surface area contributed by atoms with Crippen LogP contribution in [0.15, 0.2) is 29.4 Å². The van der Waals surface area contributed by atoms with Crippen LogP contribution in [0.3, 0.4) is 0 Å². The lowest BCUT2D eigenvalue weighted by Crippen LogP contribution is -2.38. The Kier molecular flexibility index (Phi) is 5.75. The first-order valence-corrected chi connectivity index (χ1v) is 9.26. The Hall–Kier alpha value is -2.28. The molecule has 0 aliphatic carbocycles. The van der Waals surface area contributed by atoms with Crippen molar-refractivity contribution < 1.29 is 9.47 Å². The van der Waals surface area contributed by atoms with Crippen molar-refractivity contribution >= 4 is 17.3 Å². The SMILES string of the molecule is CCNC(=NCCc1ncc(C)s1)N(C)Cc1ccc2c(c1)OCO2. The van der Waals surface area contributed by atoms with Gasteiger partial charge in [0.2, 0.25) is 6.79 Å². The monoisotopic (exact) mass is 360 g/mol. The van der Waals surface area contributed by atoms with Gasteiger partial charge in [-0.2, -0.15) is 0 Å². The quantitative estimate of drug-likeness (QED) is 0.634. The van der Waals surface area contributed by atoms with Crippen LogP contribution in [0, 0.1) is 6.92 Å². The summed E-state index contributed by atoms with van der Waals surface area (Å²) >= 11 is 1.73. The highest BCUT2D eigenvalue weighted by atomic mass is 32.1. The molecule has 0 atom stereocenters. The molecule has 1 aliphatic rings. The van der Waals surface area contributed by atoms with E-state index in [1.54, 1.807) is 11.3 Å². The van der Waals surface area contributed by atoms with E-state index in [9.17, 15) is 0 Å². The minimum atomic E-state index is 0.301. The van der Waals surface area contributed by atoms with Crippen molar-refractivity contribution in [3.05, 3.63) is 39.8 Å². The molecule has 1 aliphatic heterocycles. The van der Waals surface area contributed by atoms with Crippen LogP contribution in [0.2, 0.25) is 0 Å². The van der Waals surface area contributed by atoms with Crippen LogP contribution in [-0.2, 0) is 13.0 Å². The summed E-state index contributed by atoms with van der Waals surface area (Å²) < 4.78 is 10.8. The molecule has 1 N–H and O–H groups in total. The number of aliphatic imine (C=N–C) groups is 1. The maximum Gasteiger partial charge on any atom is 0.231 e. The third-order valence-corrected chi connectivity index (χ3v) is 4.78. The van der Waals surface area contributed by atoms with Crippen molar-refractivity contribution in [2.45, 2.75) is 26.8 Å². The van der Waals surface area contributed by atoms with Crippen molar-refractivity contribution in [2.24, 2.45) is 4.99 Å². The van der Waals surface area contributed by atoms with Crippen molar-refractivity contribution in [1.29, 1.82) is 0 Å². The van der Waals surface area contributed by atoms with E-state index in [1.807, 2.05) is 25.4 Å². The van der Waals surface area contributed by atoms with Crippen molar-refractivity contribution in [1.82, 2.24) is 15.2 Å². The first-order valence-electron chi connectivity index (χ1n) is 8.45. The number of guanidine groups is 1. The maximum atomic E-state index is 5.45. The van der Waals surface area contributed by atoms with Gasteiger partial charge in [0.15, 0.2) is 17.5 Å². The fraction of sp³-hybridized carbons (Fsp3) is 0.444. The average Bonchev–Trinajstić information content (AvgIpc) is 3.22. The average molecular weight is 360 g/mol. The largest absolute Gasteiger partial charge is 0.454 e. The summed E-state index contributed by atoms with van der Waals surface area (Å²) in [6.45, 7) is 6.76. The van der Waals surface area contributed by atoms with Gasteiger partial charge in [-0.25, -0.2) is 4.98 Å². The number of hydrogen-bond acceptors (Lipinski definition) is 5. The molecule has 7 heteroatoms. The van der Waals surface area contributed by atoms with Gasteiger partial charge in [-0.3, -0.25) is 4.99 Å². The Balaban J connectivity index is 1.61.